The molecule has 1 aromatic carbocycles. The Morgan fingerprint density at radius 2 is 2.00 bits per heavy atom. The Morgan fingerprint density at radius 1 is 1.19 bits per heavy atom. The molecule has 3 heteroatoms. The molecule has 0 atom stereocenters. The lowest BCUT2D eigenvalue weighted by Gasteiger charge is -2.39. The van der Waals surface area contributed by atoms with Crippen molar-refractivity contribution in [2.45, 2.75) is 44.6 Å². The molecule has 2 aliphatic rings. The summed E-state index contributed by atoms with van der Waals surface area (Å²) >= 11 is 0. The number of aryl methyl sites for hydroxylation is 2. The lowest BCUT2D eigenvalue weighted by molar-refractivity contribution is 0.140. The van der Waals surface area contributed by atoms with E-state index >= 15 is 0 Å². The van der Waals surface area contributed by atoms with Crippen LogP contribution in [-0.4, -0.2) is 23.1 Å². The summed E-state index contributed by atoms with van der Waals surface area (Å²) < 4.78 is 5.35. The number of benzene rings is 1. The molecule has 0 bridgehead atoms. The predicted octanol–water partition coefficient (Wildman–Crippen LogP) is 3.46. The molecule has 2 aromatic rings. The topological polar surface area (TPSA) is 29.3 Å². The average Bonchev–Trinajstić information content (AvgIpc) is 3.07. The maximum absolute atomic E-state index is 5.35. The molecule has 2 heterocycles. The van der Waals surface area contributed by atoms with Crippen LogP contribution < -0.4 is 0 Å². The van der Waals surface area contributed by atoms with Gasteiger partial charge in [0.1, 0.15) is 0 Å². The van der Waals surface area contributed by atoms with E-state index in [9.17, 15) is 0 Å². The third-order valence-electron chi connectivity index (χ3n) is 5.33. The van der Waals surface area contributed by atoms with Crippen LogP contribution in [0, 0.1) is 6.92 Å². The first kappa shape index (κ1) is 13.1. The van der Waals surface area contributed by atoms with Crippen molar-refractivity contribution in [3.05, 3.63) is 52.9 Å². The van der Waals surface area contributed by atoms with Crippen LogP contribution in [0.25, 0.3) is 0 Å². The van der Waals surface area contributed by atoms with Gasteiger partial charge in [-0.05, 0) is 62.2 Å². The summed E-state index contributed by atoms with van der Waals surface area (Å²) in [6.07, 6.45) is 5.15. The van der Waals surface area contributed by atoms with Gasteiger partial charge in [0.05, 0.1) is 12.2 Å². The van der Waals surface area contributed by atoms with Gasteiger partial charge in [0, 0.05) is 6.07 Å². The van der Waals surface area contributed by atoms with Gasteiger partial charge in [0.25, 0.3) is 0 Å². The minimum Gasteiger partial charge on any atom is -0.360 e. The summed E-state index contributed by atoms with van der Waals surface area (Å²) in [5, 5.41) is 3.98. The fraction of sp³-hybridized carbons (Fsp3) is 0.500. The summed E-state index contributed by atoms with van der Waals surface area (Å²) in [5.41, 5.74) is 4.63. The highest BCUT2D eigenvalue weighted by molar-refractivity contribution is 5.39. The number of aromatic nitrogens is 1. The van der Waals surface area contributed by atoms with Crippen molar-refractivity contribution in [2.75, 3.05) is 13.1 Å². The van der Waals surface area contributed by atoms with Gasteiger partial charge in [-0.15, -0.1) is 0 Å². The molecule has 0 unspecified atom stereocenters. The van der Waals surface area contributed by atoms with E-state index in [-0.39, 0.29) is 0 Å². The molecule has 0 N–H and O–H groups in total. The first-order valence-electron chi connectivity index (χ1n) is 7.98. The number of hydrogen-bond acceptors (Lipinski definition) is 3. The van der Waals surface area contributed by atoms with Crippen LogP contribution in [0.1, 0.15) is 41.8 Å². The summed E-state index contributed by atoms with van der Waals surface area (Å²) in [6, 6.07) is 11.1. The molecule has 1 aliphatic heterocycles. The van der Waals surface area contributed by atoms with Crippen LogP contribution in [-0.2, 0) is 18.4 Å². The molecular weight excluding hydrogens is 260 g/mol. The van der Waals surface area contributed by atoms with Gasteiger partial charge in [-0.2, -0.15) is 0 Å². The zero-order valence-electron chi connectivity index (χ0n) is 12.6. The van der Waals surface area contributed by atoms with Crippen LogP contribution in [0.3, 0.4) is 0 Å². The zero-order valence-corrected chi connectivity index (χ0v) is 12.6. The number of nitrogens with zero attached hydrogens (tertiary/aromatic N) is 2. The Bertz CT molecular complexity index is 638. The van der Waals surface area contributed by atoms with Gasteiger partial charge in [-0.3, -0.25) is 4.90 Å². The van der Waals surface area contributed by atoms with E-state index in [1.165, 1.54) is 25.7 Å². The van der Waals surface area contributed by atoms with Gasteiger partial charge >= 0.3 is 0 Å². The smallest absolute Gasteiger partial charge is 0.150 e. The zero-order chi connectivity index (χ0) is 14.3. The first-order valence-corrected chi connectivity index (χ1v) is 7.98. The Hall–Kier alpha value is -1.61. The number of fused-ring (bicyclic) bond motifs is 2. The van der Waals surface area contributed by atoms with Crippen molar-refractivity contribution in [3.8, 4) is 0 Å². The standard InChI is InChI=1S/C18H22N2O/c1-14-12-16(21-19-14)13-20-10-8-18(9-11-20)7-6-15-4-2-3-5-17(15)18/h2-5,12H,6-11,13H2,1H3. The fourth-order valence-electron chi connectivity index (χ4n) is 4.13. The molecule has 1 fully saturated rings. The van der Waals surface area contributed by atoms with Gasteiger partial charge < -0.3 is 4.52 Å². The van der Waals surface area contributed by atoms with E-state index in [0.717, 1.165) is 31.1 Å². The summed E-state index contributed by atoms with van der Waals surface area (Å²) in [6.45, 7) is 5.20. The number of rotatable bonds is 2. The van der Waals surface area contributed by atoms with Crippen LogP contribution in [0.15, 0.2) is 34.9 Å². The van der Waals surface area contributed by atoms with E-state index < -0.39 is 0 Å². The maximum atomic E-state index is 5.35. The molecule has 0 saturated carbocycles. The lowest BCUT2D eigenvalue weighted by atomic mass is 9.74. The third-order valence-corrected chi connectivity index (χ3v) is 5.33. The van der Waals surface area contributed by atoms with Crippen molar-refractivity contribution < 1.29 is 4.52 Å². The van der Waals surface area contributed by atoms with Crippen molar-refractivity contribution >= 4 is 0 Å². The Labute approximate surface area is 125 Å². The predicted molar refractivity (Wildman–Crippen MR) is 82.2 cm³/mol. The van der Waals surface area contributed by atoms with Crippen molar-refractivity contribution in [3.63, 3.8) is 0 Å². The minimum atomic E-state index is 0.449. The summed E-state index contributed by atoms with van der Waals surface area (Å²) in [5.74, 6) is 0.996. The van der Waals surface area contributed by atoms with E-state index in [2.05, 4.69) is 40.4 Å². The van der Waals surface area contributed by atoms with Gasteiger partial charge in [-0.1, -0.05) is 29.4 Å². The molecule has 1 saturated heterocycles. The van der Waals surface area contributed by atoms with E-state index in [0.29, 0.717) is 5.41 Å². The van der Waals surface area contributed by atoms with Crippen molar-refractivity contribution in [1.82, 2.24) is 10.1 Å². The molecule has 110 valence electrons. The van der Waals surface area contributed by atoms with Crippen molar-refractivity contribution in [1.29, 1.82) is 0 Å². The third kappa shape index (κ3) is 2.30. The highest BCUT2D eigenvalue weighted by Gasteiger charge is 2.40. The summed E-state index contributed by atoms with van der Waals surface area (Å²) in [4.78, 5) is 2.51. The number of hydrogen-bond donors (Lipinski definition) is 0. The van der Waals surface area contributed by atoms with Gasteiger partial charge in [0.2, 0.25) is 0 Å². The van der Waals surface area contributed by atoms with Gasteiger partial charge in [-0.25, -0.2) is 0 Å². The van der Waals surface area contributed by atoms with E-state index in [4.69, 9.17) is 4.52 Å². The second-order valence-electron chi connectivity index (χ2n) is 6.65. The lowest BCUT2D eigenvalue weighted by Crippen LogP contribution is -2.41. The second kappa shape index (κ2) is 4.99. The molecule has 3 nitrogen and oxygen atoms in total. The quantitative estimate of drug-likeness (QED) is 0.844. The molecular formula is C18H22N2O. The molecule has 4 rings (SSSR count). The first-order chi connectivity index (χ1) is 10.3. The minimum absolute atomic E-state index is 0.449. The second-order valence-corrected chi connectivity index (χ2v) is 6.65. The van der Waals surface area contributed by atoms with Gasteiger partial charge in [0.15, 0.2) is 5.76 Å². The summed E-state index contributed by atoms with van der Waals surface area (Å²) in [7, 11) is 0. The van der Waals surface area contributed by atoms with Crippen LogP contribution >= 0.6 is 0 Å². The Kier molecular flexibility index (Phi) is 3.11. The van der Waals surface area contributed by atoms with E-state index in [1.54, 1.807) is 11.1 Å². The van der Waals surface area contributed by atoms with Crippen LogP contribution in [0.5, 0.6) is 0 Å². The largest absolute Gasteiger partial charge is 0.360 e. The normalized spacial score (nSPS) is 20.8. The molecule has 0 radical (unpaired) electrons. The Morgan fingerprint density at radius 3 is 2.76 bits per heavy atom. The van der Waals surface area contributed by atoms with Crippen molar-refractivity contribution in [2.24, 2.45) is 0 Å². The number of likely N-dealkylation sites (tertiary alicyclic amines) is 1. The Balaban J connectivity index is 1.45. The van der Waals surface area contributed by atoms with Crippen LogP contribution in [0.4, 0.5) is 0 Å². The molecule has 0 amide bonds. The molecule has 1 aromatic heterocycles. The molecule has 1 aliphatic carbocycles. The maximum Gasteiger partial charge on any atom is 0.150 e. The monoisotopic (exact) mass is 282 g/mol. The average molecular weight is 282 g/mol. The SMILES string of the molecule is Cc1cc(CN2CCC3(CCc4ccccc43)CC2)on1. The highest BCUT2D eigenvalue weighted by atomic mass is 16.5. The highest BCUT2D eigenvalue weighted by Crippen LogP contribution is 2.46. The van der Waals surface area contributed by atoms with E-state index in [1.807, 2.05) is 6.92 Å². The fourth-order valence-corrected chi connectivity index (χ4v) is 4.13. The molecule has 1 spiro atoms. The number of piperidine rings is 1. The molecule has 21 heavy (non-hydrogen) atoms. The van der Waals surface area contributed by atoms with Crippen LogP contribution in [0.2, 0.25) is 0 Å².